The highest BCUT2D eigenvalue weighted by molar-refractivity contribution is 7.99. The van der Waals surface area contributed by atoms with Gasteiger partial charge >= 0.3 is 5.69 Å². The zero-order chi connectivity index (χ0) is 21.3. The van der Waals surface area contributed by atoms with Gasteiger partial charge in [0, 0.05) is 24.3 Å². The first-order valence-electron chi connectivity index (χ1n) is 10.9. The van der Waals surface area contributed by atoms with E-state index in [1.54, 1.807) is 0 Å². The summed E-state index contributed by atoms with van der Waals surface area (Å²) in [7, 11) is 0. The van der Waals surface area contributed by atoms with Crippen molar-refractivity contribution in [2.75, 3.05) is 25.4 Å². The van der Waals surface area contributed by atoms with Crippen LogP contribution in [0.3, 0.4) is 0 Å². The topological polar surface area (TPSA) is 67.2 Å². The van der Waals surface area contributed by atoms with E-state index < -0.39 is 0 Å². The molecule has 7 heteroatoms. The lowest BCUT2D eigenvalue weighted by atomic mass is 10.2. The van der Waals surface area contributed by atoms with Gasteiger partial charge in [-0.25, -0.2) is 4.79 Å². The number of hydrogen-bond acceptors (Lipinski definition) is 5. The summed E-state index contributed by atoms with van der Waals surface area (Å²) >= 11 is 1.38. The molecular formula is C23H32N4O2S. The zero-order valence-corrected chi connectivity index (χ0v) is 18.8. The molecule has 0 spiro atoms. The molecule has 0 bridgehead atoms. The predicted molar refractivity (Wildman–Crippen MR) is 122 cm³/mol. The molecule has 2 aromatic rings. The maximum atomic E-state index is 12.7. The first-order chi connectivity index (χ1) is 14.6. The lowest BCUT2D eigenvalue weighted by Crippen LogP contribution is -2.30. The van der Waals surface area contributed by atoms with Crippen LogP contribution in [0, 0.1) is 0 Å². The van der Waals surface area contributed by atoms with Crippen LogP contribution < -0.4 is 11.0 Å². The van der Waals surface area contributed by atoms with Gasteiger partial charge in [-0.3, -0.25) is 9.36 Å². The van der Waals surface area contributed by atoms with Crippen molar-refractivity contribution in [3.63, 3.8) is 0 Å². The van der Waals surface area contributed by atoms with Crippen molar-refractivity contribution in [2.45, 2.75) is 57.6 Å². The highest BCUT2D eigenvalue weighted by Gasteiger charge is 2.22. The van der Waals surface area contributed by atoms with Gasteiger partial charge in [0.05, 0.1) is 5.75 Å². The van der Waals surface area contributed by atoms with Crippen LogP contribution in [0.5, 0.6) is 0 Å². The molecule has 1 aliphatic rings. The van der Waals surface area contributed by atoms with E-state index in [-0.39, 0.29) is 17.3 Å². The highest BCUT2D eigenvalue weighted by Crippen LogP contribution is 2.29. The Balaban J connectivity index is 1.59. The molecule has 1 N–H and O–H groups in total. The lowest BCUT2D eigenvalue weighted by Gasteiger charge is -2.19. The average molecular weight is 429 g/mol. The number of carbonyl (C=O) groups excluding carboxylic acids is 1. The molecule has 0 radical (unpaired) electrons. The molecule has 0 saturated carbocycles. The summed E-state index contributed by atoms with van der Waals surface area (Å²) < 4.78 is 1.87. The van der Waals surface area contributed by atoms with E-state index in [1.165, 1.54) is 17.3 Å². The van der Waals surface area contributed by atoms with Crippen molar-refractivity contribution in [3.8, 4) is 0 Å². The van der Waals surface area contributed by atoms with Crippen LogP contribution in [0.15, 0.2) is 40.2 Å². The molecule has 6 nitrogen and oxygen atoms in total. The van der Waals surface area contributed by atoms with Crippen LogP contribution in [-0.2, 0) is 30.7 Å². The first kappa shape index (κ1) is 22.6. The summed E-state index contributed by atoms with van der Waals surface area (Å²) in [5, 5.41) is 3.68. The number of rotatable bonds is 11. The molecule has 1 aliphatic carbocycles. The smallest absolute Gasteiger partial charge is 0.348 e. The van der Waals surface area contributed by atoms with Crippen LogP contribution in [0.25, 0.3) is 0 Å². The summed E-state index contributed by atoms with van der Waals surface area (Å²) in [5.74, 6) is 0.235. The molecule has 30 heavy (non-hydrogen) atoms. The number of thioether (sulfide) groups is 1. The standard InChI is InChI=1S/C23H32N4O2S/c1-3-26(4-2)14-9-15-27-20-13-8-12-19(20)22(25-23(27)29)30-17-21(28)24-16-18-10-6-5-7-11-18/h5-7,10-11H,3-4,8-9,12-17H2,1-2H3,(H,24,28). The number of nitrogens with zero attached hydrogens (tertiary/aromatic N) is 3. The van der Waals surface area contributed by atoms with E-state index >= 15 is 0 Å². The van der Waals surface area contributed by atoms with Gasteiger partial charge < -0.3 is 10.2 Å². The molecule has 1 amide bonds. The quantitative estimate of drug-likeness (QED) is 0.440. The third kappa shape index (κ3) is 5.95. The fourth-order valence-electron chi connectivity index (χ4n) is 3.91. The fourth-order valence-corrected chi connectivity index (χ4v) is 4.82. The minimum Gasteiger partial charge on any atom is -0.351 e. The molecule has 1 aromatic carbocycles. The van der Waals surface area contributed by atoms with Crippen LogP contribution in [-0.4, -0.2) is 45.7 Å². The van der Waals surface area contributed by atoms with Crippen molar-refractivity contribution >= 4 is 17.7 Å². The van der Waals surface area contributed by atoms with Gasteiger partial charge in [-0.05, 0) is 50.9 Å². The molecule has 1 aromatic heterocycles. The first-order valence-corrected chi connectivity index (χ1v) is 11.9. The van der Waals surface area contributed by atoms with Crippen molar-refractivity contribution in [1.29, 1.82) is 0 Å². The molecular weight excluding hydrogens is 396 g/mol. The van der Waals surface area contributed by atoms with Crippen molar-refractivity contribution in [2.24, 2.45) is 0 Å². The predicted octanol–water partition coefficient (Wildman–Crippen LogP) is 2.87. The normalized spacial score (nSPS) is 12.9. The third-order valence-corrected chi connectivity index (χ3v) is 6.64. The van der Waals surface area contributed by atoms with Crippen LogP contribution in [0.1, 0.15) is 43.5 Å². The van der Waals surface area contributed by atoms with Crippen LogP contribution >= 0.6 is 11.8 Å². The second-order valence-electron chi connectivity index (χ2n) is 7.56. The maximum absolute atomic E-state index is 12.7. The number of amides is 1. The van der Waals surface area contributed by atoms with Crippen molar-refractivity contribution < 1.29 is 4.79 Å². The summed E-state index contributed by atoms with van der Waals surface area (Å²) in [6.45, 7) is 8.61. The number of fused-ring (bicyclic) bond motifs is 1. The maximum Gasteiger partial charge on any atom is 0.348 e. The number of carbonyl (C=O) groups is 1. The fraction of sp³-hybridized carbons (Fsp3) is 0.522. The number of aromatic nitrogens is 2. The highest BCUT2D eigenvalue weighted by atomic mass is 32.2. The van der Waals surface area contributed by atoms with E-state index in [1.807, 2.05) is 34.9 Å². The Kier molecular flexibility index (Phi) is 8.51. The van der Waals surface area contributed by atoms with E-state index in [4.69, 9.17) is 0 Å². The lowest BCUT2D eigenvalue weighted by molar-refractivity contribution is -0.118. The monoisotopic (exact) mass is 428 g/mol. The van der Waals surface area contributed by atoms with Crippen LogP contribution in [0.4, 0.5) is 0 Å². The molecule has 0 saturated heterocycles. The van der Waals surface area contributed by atoms with Gasteiger partial charge in [-0.2, -0.15) is 4.98 Å². The van der Waals surface area contributed by atoms with E-state index in [9.17, 15) is 9.59 Å². The Morgan fingerprint density at radius 3 is 2.70 bits per heavy atom. The molecule has 162 valence electrons. The van der Waals surface area contributed by atoms with E-state index in [0.29, 0.717) is 13.1 Å². The SMILES string of the molecule is CCN(CC)CCCn1c2c(c(SCC(=O)NCc3ccccc3)nc1=O)CCC2. The van der Waals surface area contributed by atoms with Gasteiger partial charge in [0.15, 0.2) is 0 Å². The average Bonchev–Trinajstić information content (AvgIpc) is 3.26. The number of hydrogen-bond donors (Lipinski definition) is 1. The second kappa shape index (κ2) is 11.3. The zero-order valence-electron chi connectivity index (χ0n) is 18.0. The summed E-state index contributed by atoms with van der Waals surface area (Å²) in [6.07, 6.45) is 3.85. The van der Waals surface area contributed by atoms with Gasteiger partial charge in [-0.1, -0.05) is 55.9 Å². The Bertz CT molecular complexity index is 894. The molecule has 0 unspecified atom stereocenters. The third-order valence-electron chi connectivity index (χ3n) is 5.62. The molecule has 0 fully saturated rings. The Morgan fingerprint density at radius 1 is 1.20 bits per heavy atom. The van der Waals surface area contributed by atoms with E-state index in [2.05, 4.69) is 29.0 Å². The summed E-state index contributed by atoms with van der Waals surface area (Å²) in [4.78, 5) is 31.7. The Morgan fingerprint density at radius 2 is 1.97 bits per heavy atom. The van der Waals surface area contributed by atoms with Gasteiger partial charge in [0.2, 0.25) is 5.91 Å². The number of benzene rings is 1. The van der Waals surface area contributed by atoms with Crippen LogP contribution in [0.2, 0.25) is 0 Å². The Labute approximate surface area is 183 Å². The van der Waals surface area contributed by atoms with Gasteiger partial charge in [0.1, 0.15) is 5.03 Å². The van der Waals surface area contributed by atoms with E-state index in [0.717, 1.165) is 61.6 Å². The molecule has 0 aliphatic heterocycles. The minimum absolute atomic E-state index is 0.0409. The van der Waals surface area contributed by atoms with Crippen molar-refractivity contribution in [1.82, 2.24) is 19.8 Å². The van der Waals surface area contributed by atoms with Crippen molar-refractivity contribution in [3.05, 3.63) is 57.6 Å². The second-order valence-corrected chi connectivity index (χ2v) is 8.53. The Hall–Kier alpha value is -2.12. The minimum atomic E-state index is -0.178. The molecule has 1 heterocycles. The largest absolute Gasteiger partial charge is 0.351 e. The summed E-state index contributed by atoms with van der Waals surface area (Å²) in [6, 6.07) is 9.85. The van der Waals surface area contributed by atoms with Gasteiger partial charge in [-0.15, -0.1) is 0 Å². The van der Waals surface area contributed by atoms with Gasteiger partial charge in [0.25, 0.3) is 0 Å². The summed E-state index contributed by atoms with van der Waals surface area (Å²) in [5.41, 5.74) is 3.18. The number of nitrogens with one attached hydrogen (secondary N) is 1. The molecule has 3 rings (SSSR count). The molecule has 0 atom stereocenters.